The van der Waals surface area contributed by atoms with Crippen molar-refractivity contribution in [3.8, 4) is 0 Å². The zero-order valence-electron chi connectivity index (χ0n) is 31.7. The van der Waals surface area contributed by atoms with Gasteiger partial charge in [0.15, 0.2) is 12.6 Å². The molecular weight excluding hydrogens is 744 g/mol. The summed E-state index contributed by atoms with van der Waals surface area (Å²) in [5.41, 5.74) is -2.51. The van der Waals surface area contributed by atoms with Crippen molar-refractivity contribution in [1.29, 1.82) is 0 Å². The zero-order valence-corrected chi connectivity index (χ0v) is 31.7. The van der Waals surface area contributed by atoms with Gasteiger partial charge < -0.3 is 85.0 Å². The number of carbonyl (C=O) groups is 1. The van der Waals surface area contributed by atoms with Gasteiger partial charge in [-0.05, 0) is 75.5 Å². The van der Waals surface area contributed by atoms with E-state index in [1.807, 2.05) is 6.92 Å². The van der Waals surface area contributed by atoms with E-state index in [0.717, 1.165) is 5.57 Å². The fourth-order valence-corrected chi connectivity index (χ4v) is 12.5. The van der Waals surface area contributed by atoms with E-state index in [1.165, 1.54) is 0 Å². The molecular formula is C38H60O18. The normalized spacial score (nSPS) is 56.0. The Hall–Kier alpha value is -1.43. The summed E-state index contributed by atoms with van der Waals surface area (Å²) >= 11 is 0. The van der Waals surface area contributed by atoms with Crippen molar-refractivity contribution in [2.45, 2.75) is 163 Å². The van der Waals surface area contributed by atoms with E-state index in [2.05, 4.69) is 6.58 Å². The molecule has 4 saturated carbocycles. The van der Waals surface area contributed by atoms with Crippen LogP contribution in [0, 0.1) is 33.5 Å². The molecule has 320 valence electrons. The van der Waals surface area contributed by atoms with Gasteiger partial charge in [-0.25, -0.2) is 0 Å². The number of aliphatic hydroxyl groups is 11. The minimum absolute atomic E-state index is 0.121. The third-order valence-electron chi connectivity index (χ3n) is 15.6. The van der Waals surface area contributed by atoms with Crippen molar-refractivity contribution in [2.75, 3.05) is 19.8 Å². The van der Waals surface area contributed by atoms with E-state index in [4.69, 9.17) is 23.7 Å². The van der Waals surface area contributed by atoms with Crippen LogP contribution in [0.3, 0.4) is 0 Å². The monoisotopic (exact) mass is 804 g/mol. The highest BCUT2D eigenvalue weighted by atomic mass is 16.7. The Kier molecular flexibility index (Phi) is 11.6. The highest BCUT2D eigenvalue weighted by Gasteiger charge is 2.72. The van der Waals surface area contributed by atoms with Crippen molar-refractivity contribution in [3.63, 3.8) is 0 Å². The maximum Gasteiger partial charge on any atom is 0.309 e. The fourth-order valence-electron chi connectivity index (χ4n) is 12.5. The second-order valence-electron chi connectivity index (χ2n) is 18.2. The number of rotatable bonds is 9. The summed E-state index contributed by atoms with van der Waals surface area (Å²) in [4.78, 5) is 12.7. The van der Waals surface area contributed by atoms with Gasteiger partial charge >= 0.3 is 5.97 Å². The lowest BCUT2D eigenvalue weighted by atomic mass is 9.39. The molecule has 7 rings (SSSR count). The number of hydrogen-bond donors (Lipinski definition) is 12. The number of aliphatic carboxylic acids is 1. The molecule has 1 spiro atoms. The van der Waals surface area contributed by atoms with Crippen molar-refractivity contribution < 1.29 is 89.8 Å². The Morgan fingerprint density at radius 3 is 1.73 bits per heavy atom. The van der Waals surface area contributed by atoms with E-state index in [1.54, 1.807) is 6.92 Å². The van der Waals surface area contributed by atoms with E-state index < -0.39 is 145 Å². The molecule has 0 amide bonds. The van der Waals surface area contributed by atoms with Crippen LogP contribution in [-0.2, 0) is 28.5 Å². The predicted molar refractivity (Wildman–Crippen MR) is 187 cm³/mol. The topological polar surface area (TPSA) is 306 Å². The maximum absolute atomic E-state index is 12.7. The van der Waals surface area contributed by atoms with Crippen LogP contribution in [0.25, 0.3) is 0 Å². The number of aliphatic hydroxyl groups excluding tert-OH is 11. The summed E-state index contributed by atoms with van der Waals surface area (Å²) in [6.45, 7) is 6.04. The van der Waals surface area contributed by atoms with Gasteiger partial charge in [0.05, 0.1) is 37.4 Å². The second kappa shape index (κ2) is 15.2. The Balaban J connectivity index is 1.28. The molecule has 0 aromatic rings. The van der Waals surface area contributed by atoms with Crippen LogP contribution in [0.1, 0.15) is 65.2 Å². The molecule has 0 aromatic carbocycles. The molecule has 2 unspecified atom stereocenters. The fraction of sp³-hybridized carbons (Fsp3) is 0.921. The van der Waals surface area contributed by atoms with Crippen molar-refractivity contribution in [1.82, 2.24) is 0 Å². The molecule has 7 aliphatic rings. The Bertz CT molecular complexity index is 1470. The average Bonchev–Trinajstić information content (AvgIpc) is 3.38. The van der Waals surface area contributed by atoms with E-state index in [-0.39, 0.29) is 11.8 Å². The summed E-state index contributed by atoms with van der Waals surface area (Å²) < 4.78 is 30.6. The van der Waals surface area contributed by atoms with Gasteiger partial charge in [0.1, 0.15) is 73.2 Å². The van der Waals surface area contributed by atoms with Crippen molar-refractivity contribution in [3.05, 3.63) is 12.2 Å². The zero-order chi connectivity index (χ0) is 40.9. The molecule has 18 nitrogen and oxygen atoms in total. The van der Waals surface area contributed by atoms with E-state index in [0.29, 0.717) is 51.4 Å². The van der Waals surface area contributed by atoms with Gasteiger partial charge in [0.25, 0.3) is 0 Å². The lowest BCUT2D eigenvalue weighted by Gasteiger charge is -2.66. The average molecular weight is 805 g/mol. The van der Waals surface area contributed by atoms with Crippen LogP contribution < -0.4 is 0 Å². The molecule has 18 heteroatoms. The molecule has 0 aromatic heterocycles. The lowest BCUT2D eigenvalue weighted by Crippen LogP contribution is -2.69. The Morgan fingerprint density at radius 1 is 0.679 bits per heavy atom. The van der Waals surface area contributed by atoms with Crippen LogP contribution >= 0.6 is 0 Å². The molecule has 56 heavy (non-hydrogen) atoms. The third kappa shape index (κ3) is 6.25. The van der Waals surface area contributed by atoms with Crippen molar-refractivity contribution >= 4 is 5.97 Å². The molecule has 7 fully saturated rings. The van der Waals surface area contributed by atoms with Crippen LogP contribution in [0.15, 0.2) is 12.2 Å². The predicted octanol–water partition coefficient (Wildman–Crippen LogP) is -3.13. The van der Waals surface area contributed by atoms with Gasteiger partial charge in [-0.15, -0.1) is 0 Å². The van der Waals surface area contributed by atoms with Gasteiger partial charge in [-0.3, -0.25) is 4.79 Å². The maximum atomic E-state index is 12.7. The van der Waals surface area contributed by atoms with Crippen molar-refractivity contribution in [2.24, 2.45) is 33.5 Å². The summed E-state index contributed by atoms with van der Waals surface area (Å²) in [6, 6.07) is 0. The first-order chi connectivity index (χ1) is 26.3. The first kappa shape index (κ1) is 42.7. The number of ether oxygens (including phenoxy) is 5. The molecule has 2 bridgehead atoms. The summed E-state index contributed by atoms with van der Waals surface area (Å²) in [5.74, 6) is -1.31. The molecule has 3 heterocycles. The SMILES string of the molecule is C=C1C[C@]23CC[C@H]4C(C)(C(=O)O)CCC(O)[C@]4(C)[C@H]2CC[C@]1([C@@H]1O[C@H](CO)[C@@H](O)[C@H](O[C@@H]2O[C@H](CO)[C@@H](O)[C@H](O)[C@H]2O)[C@H]1O[C@@H]1O[C@H](CO)[C@@H](O)[C@H](O)[C@H]1O)C3. The number of carboxylic acid groups (broad SMARTS) is 1. The van der Waals surface area contributed by atoms with Crippen LogP contribution in [0.2, 0.25) is 0 Å². The minimum atomic E-state index is -1.91. The smallest absolute Gasteiger partial charge is 0.309 e. The summed E-state index contributed by atoms with van der Waals surface area (Å²) in [5, 5.41) is 129. The molecule has 12 N–H and O–H groups in total. The first-order valence-electron chi connectivity index (χ1n) is 19.8. The number of fused-ring (bicyclic) bond motifs is 3. The molecule has 0 radical (unpaired) electrons. The second-order valence-corrected chi connectivity index (χ2v) is 18.2. The molecule has 3 aliphatic heterocycles. The highest BCUT2D eigenvalue weighted by Crippen LogP contribution is 2.76. The molecule has 22 atom stereocenters. The van der Waals surface area contributed by atoms with E-state index >= 15 is 0 Å². The summed E-state index contributed by atoms with van der Waals surface area (Å²) in [7, 11) is 0. The molecule has 3 saturated heterocycles. The number of hydrogen-bond acceptors (Lipinski definition) is 17. The number of carboxylic acids is 1. The van der Waals surface area contributed by atoms with Gasteiger partial charge in [-0.2, -0.15) is 0 Å². The van der Waals surface area contributed by atoms with Gasteiger partial charge in [0.2, 0.25) is 0 Å². The van der Waals surface area contributed by atoms with Gasteiger partial charge in [-0.1, -0.05) is 19.1 Å². The largest absolute Gasteiger partial charge is 0.481 e. The first-order valence-corrected chi connectivity index (χ1v) is 19.8. The molecule has 4 aliphatic carbocycles. The van der Waals surface area contributed by atoms with Crippen LogP contribution in [0.5, 0.6) is 0 Å². The quantitative estimate of drug-likeness (QED) is 0.103. The Morgan fingerprint density at radius 2 is 1.20 bits per heavy atom. The minimum Gasteiger partial charge on any atom is -0.481 e. The van der Waals surface area contributed by atoms with E-state index in [9.17, 15) is 66.1 Å². The van der Waals surface area contributed by atoms with Crippen LogP contribution in [-0.4, -0.2) is 185 Å². The Labute approximate surface area is 324 Å². The summed E-state index contributed by atoms with van der Waals surface area (Å²) in [6.07, 6.45) is -21.8. The highest BCUT2D eigenvalue weighted by molar-refractivity contribution is 5.75. The standard InChI is InChI=1S/C38H60O18/c1-15-10-37-8-4-19-35(2,34(50)51)7-6-21(42)36(19,3)20(37)5-9-38(15,14-37)31-30(56-33-28(49)26(47)23(44)17(12-40)54-33)29(24(45)18(13-41)52-31)55-32-27(48)25(46)22(43)16(11-39)53-32/h16-33,39-49H,1,4-14H2,2-3H3,(H,50,51)/t16-,17-,18-,19+,20-,21?,22-,23-,24-,25+,26+,27-,28-,29+,30-,31-,32+,33+,35?,36+,37+,38+/m1/s1. The van der Waals surface area contributed by atoms with Crippen LogP contribution in [0.4, 0.5) is 0 Å². The lowest BCUT2D eigenvalue weighted by molar-refractivity contribution is -0.377. The third-order valence-corrected chi connectivity index (χ3v) is 15.6. The van der Waals surface area contributed by atoms with Gasteiger partial charge in [0, 0.05) is 10.8 Å².